The van der Waals surface area contributed by atoms with Gasteiger partial charge in [0.05, 0.1) is 12.1 Å². The number of hydrogen-bond donors (Lipinski definition) is 1. The highest BCUT2D eigenvalue weighted by atomic mass is 16.5. The number of guanidine groups is 1. The largest absolute Gasteiger partial charge is 0.377 e. The highest BCUT2D eigenvalue weighted by Crippen LogP contribution is 2.62. The maximum atomic E-state index is 6.46. The van der Waals surface area contributed by atoms with E-state index in [1.807, 2.05) is 6.07 Å². The molecule has 2 saturated carbocycles. The normalized spacial score (nSPS) is 33.4. The number of nitrogens with two attached hydrogens (primary N) is 1. The average Bonchev–Trinajstić information content (AvgIpc) is 3.36. The molecular formula is C19H28N6O. The third kappa shape index (κ3) is 2.47. The van der Waals surface area contributed by atoms with Crippen LogP contribution in [0.3, 0.4) is 0 Å². The molecule has 2 saturated heterocycles. The average molecular weight is 356 g/mol. The van der Waals surface area contributed by atoms with Crippen molar-refractivity contribution in [3.05, 3.63) is 18.5 Å². The molecule has 5 rings (SSSR count). The summed E-state index contributed by atoms with van der Waals surface area (Å²) in [6.07, 6.45) is 10.3. The molecule has 2 N–H and O–H groups in total. The summed E-state index contributed by atoms with van der Waals surface area (Å²) in [5, 5.41) is 0. The second-order valence-corrected chi connectivity index (χ2v) is 8.14. The summed E-state index contributed by atoms with van der Waals surface area (Å²) in [7, 11) is 0. The predicted molar refractivity (Wildman–Crippen MR) is 100.0 cm³/mol. The van der Waals surface area contributed by atoms with Crippen molar-refractivity contribution >= 4 is 11.9 Å². The van der Waals surface area contributed by atoms with Gasteiger partial charge in [-0.2, -0.15) is 0 Å². The molecule has 0 aromatic carbocycles. The van der Waals surface area contributed by atoms with E-state index in [1.165, 1.54) is 25.7 Å². The van der Waals surface area contributed by atoms with E-state index in [9.17, 15) is 0 Å². The molecule has 1 aromatic heterocycles. The Morgan fingerprint density at radius 2 is 1.88 bits per heavy atom. The number of anilines is 1. The molecule has 3 heterocycles. The number of hydrogen-bond acceptors (Lipinski definition) is 5. The third-order valence-corrected chi connectivity index (χ3v) is 6.94. The molecule has 4 fully saturated rings. The Bertz CT molecular complexity index is 666. The Hall–Kier alpha value is -1.89. The van der Waals surface area contributed by atoms with Crippen molar-refractivity contribution in [2.24, 2.45) is 22.1 Å². The Labute approximate surface area is 154 Å². The molecule has 2 aliphatic carbocycles. The lowest BCUT2D eigenvalue weighted by Gasteiger charge is -2.55. The van der Waals surface area contributed by atoms with E-state index in [4.69, 9.17) is 15.5 Å². The molecule has 1 aromatic rings. The fraction of sp³-hybridized carbons (Fsp3) is 0.737. The standard InChI is InChI=1S/C19H28N6O/c20-17(24-9-11-25(12-10-24)18-21-7-3-8-22-18)23-15-14-4-13-26-16(14)19(15)5-1-2-6-19/h3,7-8,14-16H,1-2,4-6,9-13H2,(H2,20,23). The zero-order valence-corrected chi connectivity index (χ0v) is 15.3. The van der Waals surface area contributed by atoms with E-state index >= 15 is 0 Å². The first-order valence-corrected chi connectivity index (χ1v) is 10.00. The van der Waals surface area contributed by atoms with Gasteiger partial charge < -0.3 is 20.3 Å². The highest BCUT2D eigenvalue weighted by Gasteiger charge is 2.65. The van der Waals surface area contributed by atoms with Gasteiger partial charge in [-0.1, -0.05) is 12.8 Å². The Kier molecular flexibility index (Phi) is 3.99. The lowest BCUT2D eigenvalue weighted by Crippen LogP contribution is -2.62. The molecule has 2 aliphatic heterocycles. The van der Waals surface area contributed by atoms with Gasteiger partial charge in [0.1, 0.15) is 0 Å². The van der Waals surface area contributed by atoms with Crippen LogP contribution >= 0.6 is 0 Å². The number of nitrogens with zero attached hydrogens (tertiary/aromatic N) is 5. The zero-order chi connectivity index (χ0) is 17.6. The van der Waals surface area contributed by atoms with E-state index < -0.39 is 0 Å². The minimum absolute atomic E-state index is 0.283. The lowest BCUT2D eigenvalue weighted by atomic mass is 9.54. The zero-order valence-electron chi connectivity index (χ0n) is 15.3. The second kappa shape index (κ2) is 6.37. The summed E-state index contributed by atoms with van der Waals surface area (Å²) >= 11 is 0. The maximum Gasteiger partial charge on any atom is 0.225 e. The molecule has 3 atom stereocenters. The van der Waals surface area contributed by atoms with E-state index in [2.05, 4.69) is 19.8 Å². The van der Waals surface area contributed by atoms with Gasteiger partial charge in [0.15, 0.2) is 5.96 Å². The van der Waals surface area contributed by atoms with Crippen LogP contribution in [0.15, 0.2) is 23.5 Å². The first-order valence-electron chi connectivity index (χ1n) is 10.00. The van der Waals surface area contributed by atoms with Crippen LogP contribution in [-0.4, -0.2) is 65.8 Å². The van der Waals surface area contributed by atoms with Gasteiger partial charge in [-0.3, -0.25) is 0 Å². The summed E-state index contributed by atoms with van der Waals surface area (Å²) in [6.45, 7) is 4.41. The van der Waals surface area contributed by atoms with Gasteiger partial charge >= 0.3 is 0 Å². The number of aromatic nitrogens is 2. The summed E-state index contributed by atoms with van der Waals surface area (Å²) < 4.78 is 6.07. The summed E-state index contributed by atoms with van der Waals surface area (Å²) in [4.78, 5) is 18.2. The SMILES string of the molecule is NC(=NC1C2CCOC2C12CCCC2)N1CCN(c2ncccn2)CC1. The first-order chi connectivity index (χ1) is 12.8. The van der Waals surface area contributed by atoms with Crippen molar-refractivity contribution in [3.63, 3.8) is 0 Å². The maximum absolute atomic E-state index is 6.46. The minimum atomic E-state index is 0.283. The first kappa shape index (κ1) is 16.3. The topological polar surface area (TPSA) is 79.9 Å². The van der Waals surface area contributed by atoms with Crippen molar-refractivity contribution in [1.82, 2.24) is 14.9 Å². The number of ether oxygens (including phenoxy) is 1. The molecule has 0 radical (unpaired) electrons. The van der Waals surface area contributed by atoms with Crippen LogP contribution in [-0.2, 0) is 4.74 Å². The molecule has 7 nitrogen and oxygen atoms in total. The van der Waals surface area contributed by atoms with Crippen LogP contribution in [0, 0.1) is 11.3 Å². The predicted octanol–water partition coefficient (Wildman–Crippen LogP) is 1.26. The molecule has 26 heavy (non-hydrogen) atoms. The molecule has 7 heteroatoms. The summed E-state index contributed by atoms with van der Waals surface area (Å²) in [5.41, 5.74) is 6.75. The van der Waals surface area contributed by atoms with Gasteiger partial charge in [0.25, 0.3) is 0 Å². The Morgan fingerprint density at radius 1 is 1.15 bits per heavy atom. The number of aliphatic imine (C=N–C) groups is 1. The Morgan fingerprint density at radius 3 is 2.62 bits per heavy atom. The van der Waals surface area contributed by atoms with Crippen LogP contribution in [0.1, 0.15) is 32.1 Å². The van der Waals surface area contributed by atoms with Crippen LogP contribution in [0.2, 0.25) is 0 Å². The van der Waals surface area contributed by atoms with Gasteiger partial charge in [-0.05, 0) is 25.3 Å². The number of rotatable bonds is 2. The van der Waals surface area contributed by atoms with Crippen LogP contribution in [0.5, 0.6) is 0 Å². The van der Waals surface area contributed by atoms with Gasteiger partial charge in [0.2, 0.25) is 5.95 Å². The molecule has 140 valence electrons. The van der Waals surface area contributed by atoms with Crippen LogP contribution in [0.25, 0.3) is 0 Å². The third-order valence-electron chi connectivity index (χ3n) is 6.94. The number of fused-ring (bicyclic) bond motifs is 2. The molecule has 0 bridgehead atoms. The Balaban J connectivity index is 1.26. The second-order valence-electron chi connectivity index (χ2n) is 8.14. The molecule has 1 spiro atoms. The van der Waals surface area contributed by atoms with Crippen LogP contribution < -0.4 is 10.6 Å². The van der Waals surface area contributed by atoms with Crippen molar-refractivity contribution in [1.29, 1.82) is 0 Å². The van der Waals surface area contributed by atoms with Gasteiger partial charge in [-0.15, -0.1) is 0 Å². The minimum Gasteiger partial charge on any atom is -0.377 e. The van der Waals surface area contributed by atoms with Crippen molar-refractivity contribution in [2.45, 2.75) is 44.2 Å². The molecule has 4 aliphatic rings. The van der Waals surface area contributed by atoms with E-state index in [0.29, 0.717) is 18.1 Å². The molecule has 0 amide bonds. The highest BCUT2D eigenvalue weighted by molar-refractivity contribution is 5.78. The van der Waals surface area contributed by atoms with Crippen molar-refractivity contribution in [3.8, 4) is 0 Å². The molecular weight excluding hydrogens is 328 g/mol. The summed E-state index contributed by atoms with van der Waals surface area (Å²) in [6, 6.07) is 2.22. The van der Waals surface area contributed by atoms with Crippen LogP contribution in [0.4, 0.5) is 5.95 Å². The van der Waals surface area contributed by atoms with Gasteiger partial charge in [0, 0.05) is 56.5 Å². The quantitative estimate of drug-likeness (QED) is 0.635. The van der Waals surface area contributed by atoms with Crippen molar-refractivity contribution < 1.29 is 4.74 Å². The van der Waals surface area contributed by atoms with Crippen molar-refractivity contribution in [2.75, 3.05) is 37.7 Å². The van der Waals surface area contributed by atoms with E-state index in [1.54, 1.807) is 12.4 Å². The summed E-state index contributed by atoms with van der Waals surface area (Å²) in [5.74, 6) is 2.11. The smallest absolute Gasteiger partial charge is 0.225 e. The van der Waals surface area contributed by atoms with E-state index in [0.717, 1.165) is 51.1 Å². The number of piperazine rings is 1. The lowest BCUT2D eigenvalue weighted by molar-refractivity contribution is -0.117. The molecule has 3 unspecified atom stereocenters. The van der Waals surface area contributed by atoms with E-state index in [-0.39, 0.29) is 5.41 Å². The monoisotopic (exact) mass is 356 g/mol. The fourth-order valence-corrected chi connectivity index (χ4v) is 5.65. The fourth-order valence-electron chi connectivity index (χ4n) is 5.65. The van der Waals surface area contributed by atoms with Gasteiger partial charge in [-0.25, -0.2) is 15.0 Å².